The number of hydrogen-bond acceptors (Lipinski definition) is 5. The van der Waals surface area contributed by atoms with Crippen LogP contribution in [0, 0.1) is 11.7 Å². The molecule has 0 fully saturated rings. The molecule has 0 aliphatic heterocycles. The molecular formula is C16H20FNO5. The predicted octanol–water partition coefficient (Wildman–Crippen LogP) is 1.69. The highest BCUT2D eigenvalue weighted by Crippen LogP contribution is 2.09. The molecule has 0 radical (unpaired) electrons. The Hall–Kier alpha value is -2.44. The number of amides is 1. The van der Waals surface area contributed by atoms with Crippen LogP contribution in [0.4, 0.5) is 4.39 Å². The number of carbonyl (C=O) groups excluding carboxylic acids is 3. The van der Waals surface area contributed by atoms with Gasteiger partial charge in [0.1, 0.15) is 11.9 Å². The van der Waals surface area contributed by atoms with Gasteiger partial charge >= 0.3 is 11.9 Å². The van der Waals surface area contributed by atoms with E-state index in [1.165, 1.54) is 19.2 Å². The fourth-order valence-corrected chi connectivity index (χ4v) is 1.81. The summed E-state index contributed by atoms with van der Waals surface area (Å²) in [5, 5.41) is 2.48. The van der Waals surface area contributed by atoms with Gasteiger partial charge in [-0.3, -0.25) is 4.79 Å². The van der Waals surface area contributed by atoms with Crippen molar-refractivity contribution < 1.29 is 28.2 Å². The number of hydrogen-bond donors (Lipinski definition) is 1. The number of nitrogens with one attached hydrogen (secondary N) is 1. The Balaban J connectivity index is 2.56. The van der Waals surface area contributed by atoms with Crippen LogP contribution in [0.3, 0.4) is 0 Å². The molecule has 0 saturated heterocycles. The third-order valence-electron chi connectivity index (χ3n) is 3.40. The summed E-state index contributed by atoms with van der Waals surface area (Å²) in [5.41, 5.74) is 0.130. The topological polar surface area (TPSA) is 81.7 Å². The molecule has 126 valence electrons. The second-order valence-electron chi connectivity index (χ2n) is 5.04. The third kappa shape index (κ3) is 5.69. The second-order valence-corrected chi connectivity index (χ2v) is 5.04. The summed E-state index contributed by atoms with van der Waals surface area (Å²) in [5.74, 6) is -2.53. The highest BCUT2D eigenvalue weighted by Gasteiger charge is 2.26. The number of rotatable bonds is 7. The smallest absolute Gasteiger partial charge is 0.338 e. The van der Waals surface area contributed by atoms with Gasteiger partial charge in [-0.2, -0.15) is 0 Å². The Morgan fingerprint density at radius 3 is 2.35 bits per heavy atom. The maximum absolute atomic E-state index is 12.8. The summed E-state index contributed by atoms with van der Waals surface area (Å²) in [6, 6.07) is 3.94. The Bertz CT molecular complexity index is 558. The van der Waals surface area contributed by atoms with Gasteiger partial charge in [-0.1, -0.05) is 20.3 Å². The molecule has 23 heavy (non-hydrogen) atoms. The molecule has 0 aromatic heterocycles. The molecule has 1 amide bonds. The molecule has 1 rings (SSSR count). The zero-order valence-corrected chi connectivity index (χ0v) is 13.3. The fourth-order valence-electron chi connectivity index (χ4n) is 1.81. The van der Waals surface area contributed by atoms with E-state index in [-0.39, 0.29) is 11.5 Å². The molecule has 1 N–H and O–H groups in total. The van der Waals surface area contributed by atoms with E-state index in [4.69, 9.17) is 4.74 Å². The number of methoxy groups -OCH3 is 1. The number of esters is 2. The van der Waals surface area contributed by atoms with Crippen LogP contribution in [0.5, 0.6) is 0 Å². The maximum atomic E-state index is 12.8. The van der Waals surface area contributed by atoms with Gasteiger partial charge in [-0.05, 0) is 30.2 Å². The molecule has 0 bridgehead atoms. The molecule has 1 aromatic carbocycles. The molecule has 0 spiro atoms. The number of benzene rings is 1. The Labute approximate surface area is 134 Å². The van der Waals surface area contributed by atoms with E-state index in [0.29, 0.717) is 6.42 Å². The summed E-state index contributed by atoms with van der Waals surface area (Å²) in [4.78, 5) is 35.2. The first-order valence-corrected chi connectivity index (χ1v) is 7.18. The molecule has 6 nitrogen and oxygen atoms in total. The molecular weight excluding hydrogens is 305 g/mol. The molecule has 0 saturated carbocycles. The highest BCUT2D eigenvalue weighted by atomic mass is 19.1. The van der Waals surface area contributed by atoms with Crippen molar-refractivity contribution in [1.29, 1.82) is 0 Å². The van der Waals surface area contributed by atoms with Crippen LogP contribution in [-0.2, 0) is 19.1 Å². The molecule has 0 aliphatic carbocycles. The zero-order chi connectivity index (χ0) is 17.4. The van der Waals surface area contributed by atoms with Crippen molar-refractivity contribution in [3.05, 3.63) is 35.6 Å². The summed E-state index contributed by atoms with van der Waals surface area (Å²) < 4.78 is 22.2. The lowest BCUT2D eigenvalue weighted by molar-refractivity contribution is -0.147. The summed E-state index contributed by atoms with van der Waals surface area (Å²) in [6.45, 7) is 3.13. The van der Waals surface area contributed by atoms with Crippen molar-refractivity contribution in [3.63, 3.8) is 0 Å². The van der Waals surface area contributed by atoms with E-state index in [0.717, 1.165) is 12.1 Å². The second kappa shape index (κ2) is 8.87. The van der Waals surface area contributed by atoms with Gasteiger partial charge in [0.15, 0.2) is 6.61 Å². The normalized spacial score (nSPS) is 12.9. The van der Waals surface area contributed by atoms with E-state index in [1.54, 1.807) is 6.92 Å². The van der Waals surface area contributed by atoms with Crippen LogP contribution >= 0.6 is 0 Å². The van der Waals surface area contributed by atoms with E-state index >= 15 is 0 Å². The maximum Gasteiger partial charge on any atom is 0.338 e. The first kappa shape index (κ1) is 18.6. The zero-order valence-electron chi connectivity index (χ0n) is 13.3. The molecule has 1 aromatic rings. The average molecular weight is 325 g/mol. The van der Waals surface area contributed by atoms with E-state index in [2.05, 4.69) is 10.1 Å². The van der Waals surface area contributed by atoms with E-state index in [1.807, 2.05) is 6.92 Å². The Kier molecular flexibility index (Phi) is 7.18. The van der Waals surface area contributed by atoms with Crippen molar-refractivity contribution >= 4 is 17.8 Å². The molecule has 2 atom stereocenters. The van der Waals surface area contributed by atoms with Gasteiger partial charge in [0.05, 0.1) is 12.7 Å². The highest BCUT2D eigenvalue weighted by molar-refractivity contribution is 5.92. The Morgan fingerprint density at radius 2 is 1.83 bits per heavy atom. The van der Waals surface area contributed by atoms with Gasteiger partial charge in [-0.15, -0.1) is 0 Å². The van der Waals surface area contributed by atoms with Crippen molar-refractivity contribution in [2.45, 2.75) is 26.3 Å². The van der Waals surface area contributed by atoms with Crippen molar-refractivity contribution in [2.75, 3.05) is 13.7 Å². The van der Waals surface area contributed by atoms with Crippen LogP contribution < -0.4 is 5.32 Å². The fraction of sp³-hybridized carbons (Fsp3) is 0.438. The van der Waals surface area contributed by atoms with Crippen molar-refractivity contribution in [3.8, 4) is 0 Å². The molecule has 0 heterocycles. The van der Waals surface area contributed by atoms with Crippen molar-refractivity contribution in [2.24, 2.45) is 5.92 Å². The standard InChI is InChI=1S/C16H20FNO5/c1-4-10(2)14(16(21)22-3)18-13(19)9-23-15(20)11-5-7-12(17)8-6-11/h5-8,10,14H,4,9H2,1-3H3,(H,18,19)/t10-,14+/m1/s1. The number of carbonyl (C=O) groups is 3. The summed E-state index contributed by atoms with van der Waals surface area (Å²) >= 11 is 0. The quantitative estimate of drug-likeness (QED) is 0.772. The van der Waals surface area contributed by atoms with Gasteiger partial charge < -0.3 is 14.8 Å². The third-order valence-corrected chi connectivity index (χ3v) is 3.40. The van der Waals surface area contributed by atoms with Crippen LogP contribution in [-0.4, -0.2) is 37.6 Å². The summed E-state index contributed by atoms with van der Waals surface area (Å²) in [6.07, 6.45) is 0.662. The summed E-state index contributed by atoms with van der Waals surface area (Å²) in [7, 11) is 1.23. The molecule has 0 unspecified atom stereocenters. The first-order valence-electron chi connectivity index (χ1n) is 7.18. The van der Waals surface area contributed by atoms with Crippen LogP contribution in [0.2, 0.25) is 0 Å². The van der Waals surface area contributed by atoms with Crippen LogP contribution in [0.25, 0.3) is 0 Å². The minimum Gasteiger partial charge on any atom is -0.467 e. The molecule has 0 aliphatic rings. The lowest BCUT2D eigenvalue weighted by Crippen LogP contribution is -2.47. The van der Waals surface area contributed by atoms with Gasteiger partial charge in [0.2, 0.25) is 0 Å². The minimum atomic E-state index is -0.804. The van der Waals surface area contributed by atoms with Gasteiger partial charge in [0.25, 0.3) is 5.91 Å². The largest absolute Gasteiger partial charge is 0.467 e. The van der Waals surface area contributed by atoms with Crippen molar-refractivity contribution in [1.82, 2.24) is 5.32 Å². The van der Waals surface area contributed by atoms with Gasteiger partial charge in [-0.25, -0.2) is 14.0 Å². The monoisotopic (exact) mass is 325 g/mol. The SMILES string of the molecule is CC[C@@H](C)[C@H](NC(=O)COC(=O)c1ccc(F)cc1)C(=O)OC. The van der Waals surface area contributed by atoms with Crippen LogP contribution in [0.15, 0.2) is 24.3 Å². The first-order chi connectivity index (χ1) is 10.9. The van der Waals surface area contributed by atoms with Crippen LogP contribution in [0.1, 0.15) is 30.6 Å². The minimum absolute atomic E-state index is 0.126. The van der Waals surface area contributed by atoms with E-state index in [9.17, 15) is 18.8 Å². The predicted molar refractivity (Wildman–Crippen MR) is 80.1 cm³/mol. The van der Waals surface area contributed by atoms with Gasteiger partial charge in [0, 0.05) is 0 Å². The lowest BCUT2D eigenvalue weighted by atomic mass is 9.99. The Morgan fingerprint density at radius 1 is 1.22 bits per heavy atom. The average Bonchev–Trinajstić information content (AvgIpc) is 2.56. The number of ether oxygens (including phenoxy) is 2. The van der Waals surface area contributed by atoms with E-state index < -0.39 is 36.3 Å². The number of halogens is 1. The molecule has 7 heteroatoms. The lowest BCUT2D eigenvalue weighted by Gasteiger charge is -2.21.